The molecule has 1 unspecified atom stereocenters. The first-order chi connectivity index (χ1) is 7.47. The van der Waals surface area contributed by atoms with Crippen LogP contribution in [0.4, 0.5) is 0 Å². The lowest BCUT2D eigenvalue weighted by atomic mass is 9.86. The van der Waals surface area contributed by atoms with Gasteiger partial charge in [0, 0.05) is 36.8 Å². The van der Waals surface area contributed by atoms with Crippen LogP contribution in [0.1, 0.15) is 26.3 Å². The second-order valence-electron chi connectivity index (χ2n) is 4.84. The van der Waals surface area contributed by atoms with Crippen molar-refractivity contribution in [1.82, 2.24) is 10.3 Å². The van der Waals surface area contributed by atoms with Crippen LogP contribution in [0.5, 0.6) is 0 Å². The van der Waals surface area contributed by atoms with Gasteiger partial charge in [-0.2, -0.15) is 0 Å². The number of aromatic amines is 1. The minimum atomic E-state index is -0.123. The summed E-state index contributed by atoms with van der Waals surface area (Å²) in [6.07, 6.45) is 3.85. The van der Waals surface area contributed by atoms with Crippen molar-refractivity contribution in [2.24, 2.45) is 11.7 Å². The standard InChI is InChI=1S/C12H21N3O/c1-9(6-13)11(16)15-8-12(2,3)10-4-5-14-7-10/h4-5,7,9,14H,6,8,13H2,1-3H3,(H,15,16). The molecule has 0 bridgehead atoms. The van der Waals surface area contributed by atoms with Gasteiger partial charge in [0.25, 0.3) is 0 Å². The van der Waals surface area contributed by atoms with Crippen LogP contribution in [0.3, 0.4) is 0 Å². The molecule has 16 heavy (non-hydrogen) atoms. The molecule has 0 spiro atoms. The van der Waals surface area contributed by atoms with Crippen molar-refractivity contribution in [1.29, 1.82) is 0 Å². The second-order valence-corrected chi connectivity index (χ2v) is 4.84. The summed E-state index contributed by atoms with van der Waals surface area (Å²) >= 11 is 0. The molecule has 4 N–H and O–H groups in total. The van der Waals surface area contributed by atoms with Crippen molar-refractivity contribution in [3.8, 4) is 0 Å². The van der Waals surface area contributed by atoms with Gasteiger partial charge in [0.1, 0.15) is 0 Å². The van der Waals surface area contributed by atoms with Crippen molar-refractivity contribution in [2.45, 2.75) is 26.2 Å². The van der Waals surface area contributed by atoms with Crippen LogP contribution in [0.2, 0.25) is 0 Å². The lowest BCUT2D eigenvalue weighted by Crippen LogP contribution is -2.40. The molecule has 4 heteroatoms. The van der Waals surface area contributed by atoms with Crippen LogP contribution in [-0.4, -0.2) is 24.0 Å². The van der Waals surface area contributed by atoms with E-state index >= 15 is 0 Å². The zero-order valence-corrected chi connectivity index (χ0v) is 10.2. The number of rotatable bonds is 5. The maximum absolute atomic E-state index is 11.6. The number of amides is 1. The van der Waals surface area contributed by atoms with Crippen molar-refractivity contribution in [3.63, 3.8) is 0 Å². The van der Waals surface area contributed by atoms with E-state index in [1.54, 1.807) is 0 Å². The molecular formula is C12H21N3O. The average Bonchev–Trinajstić information content (AvgIpc) is 2.78. The molecule has 0 aliphatic rings. The Kier molecular flexibility index (Phi) is 4.12. The Morgan fingerprint density at radius 1 is 1.62 bits per heavy atom. The van der Waals surface area contributed by atoms with Crippen LogP contribution < -0.4 is 11.1 Å². The van der Waals surface area contributed by atoms with Gasteiger partial charge in [-0.15, -0.1) is 0 Å². The van der Waals surface area contributed by atoms with Crippen molar-refractivity contribution in [3.05, 3.63) is 24.0 Å². The number of hydrogen-bond acceptors (Lipinski definition) is 2. The predicted octanol–water partition coefficient (Wildman–Crippen LogP) is 1.00. The van der Waals surface area contributed by atoms with Crippen LogP contribution in [0, 0.1) is 5.92 Å². The summed E-state index contributed by atoms with van der Waals surface area (Å²) in [5, 5.41) is 2.93. The fourth-order valence-corrected chi connectivity index (χ4v) is 1.44. The average molecular weight is 223 g/mol. The van der Waals surface area contributed by atoms with E-state index < -0.39 is 0 Å². The van der Waals surface area contributed by atoms with Crippen molar-refractivity contribution >= 4 is 5.91 Å². The van der Waals surface area contributed by atoms with Gasteiger partial charge in [-0.3, -0.25) is 4.79 Å². The van der Waals surface area contributed by atoms with Crippen molar-refractivity contribution < 1.29 is 4.79 Å². The number of carbonyl (C=O) groups is 1. The quantitative estimate of drug-likeness (QED) is 0.697. The predicted molar refractivity (Wildman–Crippen MR) is 65.0 cm³/mol. The van der Waals surface area contributed by atoms with Crippen LogP contribution in [0.15, 0.2) is 18.5 Å². The van der Waals surface area contributed by atoms with Gasteiger partial charge in [-0.05, 0) is 11.6 Å². The summed E-state index contributed by atoms with van der Waals surface area (Å²) in [6.45, 7) is 7.04. The minimum Gasteiger partial charge on any atom is -0.367 e. The Morgan fingerprint density at radius 3 is 2.81 bits per heavy atom. The lowest BCUT2D eigenvalue weighted by Gasteiger charge is -2.24. The molecule has 0 saturated carbocycles. The molecule has 1 rings (SSSR count). The molecule has 0 aromatic carbocycles. The van der Waals surface area contributed by atoms with Crippen LogP contribution in [0.25, 0.3) is 0 Å². The highest BCUT2D eigenvalue weighted by atomic mass is 16.1. The van der Waals surface area contributed by atoms with Gasteiger partial charge >= 0.3 is 0 Å². The maximum Gasteiger partial charge on any atom is 0.224 e. The second kappa shape index (κ2) is 5.16. The Labute approximate surface area is 96.6 Å². The molecule has 90 valence electrons. The highest BCUT2D eigenvalue weighted by Gasteiger charge is 2.22. The van der Waals surface area contributed by atoms with Crippen molar-refractivity contribution in [2.75, 3.05) is 13.1 Å². The summed E-state index contributed by atoms with van der Waals surface area (Å²) in [5.74, 6) is -0.104. The van der Waals surface area contributed by atoms with Crippen LogP contribution >= 0.6 is 0 Å². The number of hydrogen-bond donors (Lipinski definition) is 3. The summed E-state index contributed by atoms with van der Waals surface area (Å²) in [6, 6.07) is 2.03. The number of H-pyrrole nitrogens is 1. The van der Waals surface area contributed by atoms with Gasteiger partial charge < -0.3 is 16.0 Å². The molecule has 0 fully saturated rings. The van der Waals surface area contributed by atoms with E-state index in [0.717, 1.165) is 0 Å². The maximum atomic E-state index is 11.6. The monoisotopic (exact) mass is 223 g/mol. The largest absolute Gasteiger partial charge is 0.367 e. The number of carbonyl (C=O) groups excluding carboxylic acids is 1. The molecular weight excluding hydrogens is 202 g/mol. The molecule has 4 nitrogen and oxygen atoms in total. The van der Waals surface area contributed by atoms with E-state index in [-0.39, 0.29) is 17.2 Å². The number of aromatic nitrogens is 1. The highest BCUT2D eigenvalue weighted by Crippen LogP contribution is 2.21. The third kappa shape index (κ3) is 3.10. The Morgan fingerprint density at radius 2 is 2.31 bits per heavy atom. The first kappa shape index (κ1) is 12.8. The fourth-order valence-electron chi connectivity index (χ4n) is 1.44. The Bertz CT molecular complexity index is 330. The van der Waals surface area contributed by atoms with Gasteiger partial charge in [0.2, 0.25) is 5.91 Å². The zero-order chi connectivity index (χ0) is 12.2. The SMILES string of the molecule is CC(CN)C(=O)NCC(C)(C)c1cc[nH]c1. The fraction of sp³-hybridized carbons (Fsp3) is 0.583. The van der Waals surface area contributed by atoms with E-state index in [1.807, 2.05) is 25.4 Å². The molecule has 1 aromatic rings. The summed E-state index contributed by atoms with van der Waals surface area (Å²) < 4.78 is 0. The van der Waals surface area contributed by atoms with E-state index in [1.165, 1.54) is 5.56 Å². The van der Waals surface area contributed by atoms with Gasteiger partial charge in [0.15, 0.2) is 0 Å². The molecule has 0 aliphatic carbocycles. The number of nitrogens with two attached hydrogens (primary N) is 1. The van der Waals surface area contributed by atoms with Gasteiger partial charge in [-0.1, -0.05) is 20.8 Å². The topological polar surface area (TPSA) is 70.9 Å². The first-order valence-electron chi connectivity index (χ1n) is 5.58. The van der Waals surface area contributed by atoms with Gasteiger partial charge in [0.05, 0.1) is 0 Å². The molecule has 1 heterocycles. The zero-order valence-electron chi connectivity index (χ0n) is 10.2. The highest BCUT2D eigenvalue weighted by molar-refractivity contribution is 5.78. The molecule has 0 saturated heterocycles. The molecule has 1 aromatic heterocycles. The Hall–Kier alpha value is -1.29. The lowest BCUT2D eigenvalue weighted by molar-refractivity contribution is -0.124. The minimum absolute atomic E-state index is 0.0195. The van der Waals surface area contributed by atoms with E-state index in [0.29, 0.717) is 13.1 Å². The third-order valence-corrected chi connectivity index (χ3v) is 2.89. The van der Waals surface area contributed by atoms with E-state index in [2.05, 4.69) is 24.1 Å². The molecule has 1 atom stereocenters. The number of nitrogens with one attached hydrogen (secondary N) is 2. The summed E-state index contributed by atoms with van der Waals surface area (Å²) in [7, 11) is 0. The summed E-state index contributed by atoms with van der Waals surface area (Å²) in [4.78, 5) is 14.6. The third-order valence-electron chi connectivity index (χ3n) is 2.89. The van der Waals surface area contributed by atoms with E-state index in [9.17, 15) is 4.79 Å². The Balaban J connectivity index is 2.52. The summed E-state index contributed by atoms with van der Waals surface area (Å²) in [5.41, 5.74) is 6.56. The van der Waals surface area contributed by atoms with Crippen LogP contribution in [-0.2, 0) is 10.2 Å². The normalized spacial score (nSPS) is 13.5. The molecule has 1 amide bonds. The van der Waals surface area contributed by atoms with E-state index in [4.69, 9.17) is 5.73 Å². The first-order valence-corrected chi connectivity index (χ1v) is 5.58. The van der Waals surface area contributed by atoms with Gasteiger partial charge in [-0.25, -0.2) is 0 Å². The molecule has 0 aliphatic heterocycles. The smallest absolute Gasteiger partial charge is 0.224 e. The molecule has 0 radical (unpaired) electrons.